The summed E-state index contributed by atoms with van der Waals surface area (Å²) in [5.41, 5.74) is 6.01. The van der Waals surface area contributed by atoms with Gasteiger partial charge in [0.2, 0.25) is 0 Å². The van der Waals surface area contributed by atoms with Crippen molar-refractivity contribution in [2.24, 2.45) is 12.1 Å². The predicted octanol–water partition coefficient (Wildman–Crippen LogP) is 2.17. The van der Waals surface area contributed by atoms with Crippen molar-refractivity contribution in [3.63, 3.8) is 0 Å². The smallest absolute Gasteiger partial charge is 0.187 e. The van der Waals surface area contributed by atoms with E-state index < -0.39 is 0 Å². The van der Waals surface area contributed by atoms with Gasteiger partial charge in [0.1, 0.15) is 0 Å². The van der Waals surface area contributed by atoms with E-state index in [1.165, 1.54) is 32.1 Å². The van der Waals surface area contributed by atoms with E-state index in [1.807, 2.05) is 25.6 Å². The molecule has 0 radical (unpaired) electrons. The number of nitrogens with one attached hydrogen (secondary N) is 2. The summed E-state index contributed by atoms with van der Waals surface area (Å²) in [4.78, 5) is 0. The Morgan fingerprint density at radius 3 is 2.65 bits per heavy atom. The molecule has 1 aliphatic rings. The van der Waals surface area contributed by atoms with Crippen molar-refractivity contribution >= 4 is 23.5 Å². The summed E-state index contributed by atoms with van der Waals surface area (Å²) in [6, 6.07) is 0.501. The average Bonchev–Trinajstić information content (AvgIpc) is 2.66. The maximum Gasteiger partial charge on any atom is 0.187 e. The fraction of sp³-hybridized carbons (Fsp3) is 0.643. The molecule has 0 atom stereocenters. The quantitative estimate of drug-likeness (QED) is 0.509. The monoisotopic (exact) mass is 293 g/mol. The van der Waals surface area contributed by atoms with Crippen LogP contribution in [0, 0.1) is 13.8 Å². The van der Waals surface area contributed by atoms with E-state index in [0.717, 1.165) is 17.0 Å². The van der Waals surface area contributed by atoms with Gasteiger partial charge in [0.05, 0.1) is 11.9 Å². The lowest BCUT2D eigenvalue weighted by Gasteiger charge is -2.23. The topological polar surface area (TPSA) is 54.2 Å². The molecule has 110 valence electrons. The molecule has 0 bridgehead atoms. The summed E-state index contributed by atoms with van der Waals surface area (Å²) >= 11 is 5.26. The molecule has 1 fully saturated rings. The van der Waals surface area contributed by atoms with E-state index in [0.29, 0.717) is 11.2 Å². The van der Waals surface area contributed by atoms with Gasteiger partial charge >= 0.3 is 0 Å². The number of aromatic nitrogens is 2. The second-order valence-electron chi connectivity index (χ2n) is 5.39. The molecule has 0 saturated heterocycles. The van der Waals surface area contributed by atoms with Crippen molar-refractivity contribution in [3.8, 4) is 0 Å². The Balaban J connectivity index is 1.84. The number of aryl methyl sites for hydroxylation is 2. The SMILES string of the molecule is Cc1nn(C)c(C)c1/C=N/NC(=S)NC1CCCCC1. The molecule has 0 spiro atoms. The molecule has 0 aliphatic heterocycles. The second kappa shape index (κ2) is 6.83. The molecule has 1 aliphatic carbocycles. The number of rotatable bonds is 3. The van der Waals surface area contributed by atoms with E-state index in [2.05, 4.69) is 20.9 Å². The largest absolute Gasteiger partial charge is 0.359 e. The summed E-state index contributed by atoms with van der Waals surface area (Å²) < 4.78 is 1.86. The fourth-order valence-corrected chi connectivity index (χ4v) is 2.82. The Labute approximate surface area is 125 Å². The average molecular weight is 293 g/mol. The van der Waals surface area contributed by atoms with E-state index in [1.54, 1.807) is 6.21 Å². The second-order valence-corrected chi connectivity index (χ2v) is 5.79. The third kappa shape index (κ3) is 3.79. The maximum absolute atomic E-state index is 5.26. The van der Waals surface area contributed by atoms with Gasteiger partial charge in [0, 0.05) is 24.3 Å². The summed E-state index contributed by atoms with van der Waals surface area (Å²) in [6.45, 7) is 4.01. The Morgan fingerprint density at radius 2 is 2.05 bits per heavy atom. The first-order valence-electron chi connectivity index (χ1n) is 7.17. The number of hydrogen-bond acceptors (Lipinski definition) is 3. The van der Waals surface area contributed by atoms with Crippen LogP contribution in [0.25, 0.3) is 0 Å². The van der Waals surface area contributed by atoms with Gasteiger partial charge in [-0.3, -0.25) is 10.1 Å². The van der Waals surface area contributed by atoms with Gasteiger partial charge in [0.25, 0.3) is 0 Å². The minimum absolute atomic E-state index is 0.501. The Hall–Kier alpha value is -1.43. The van der Waals surface area contributed by atoms with Crippen LogP contribution in [-0.2, 0) is 7.05 Å². The highest BCUT2D eigenvalue weighted by Gasteiger charge is 2.13. The molecule has 1 saturated carbocycles. The lowest BCUT2D eigenvalue weighted by molar-refractivity contribution is 0.412. The maximum atomic E-state index is 5.26. The third-order valence-electron chi connectivity index (χ3n) is 3.87. The first-order valence-corrected chi connectivity index (χ1v) is 7.58. The summed E-state index contributed by atoms with van der Waals surface area (Å²) in [6.07, 6.45) is 8.11. The molecule has 2 N–H and O–H groups in total. The van der Waals surface area contributed by atoms with Crippen LogP contribution in [0.3, 0.4) is 0 Å². The highest BCUT2D eigenvalue weighted by molar-refractivity contribution is 7.80. The molecule has 0 amide bonds. The minimum Gasteiger partial charge on any atom is -0.359 e. The zero-order valence-corrected chi connectivity index (χ0v) is 13.3. The molecule has 1 aromatic heterocycles. The first kappa shape index (κ1) is 15.0. The molecule has 6 heteroatoms. The standard InChI is InChI=1S/C14H23N5S/c1-10-13(11(2)19(3)18-10)9-15-17-14(20)16-12-7-5-4-6-8-12/h9,12H,4-8H2,1-3H3,(H2,16,17,20)/b15-9+. The lowest BCUT2D eigenvalue weighted by atomic mass is 9.96. The van der Waals surface area contributed by atoms with Crippen LogP contribution in [-0.4, -0.2) is 27.1 Å². The number of nitrogens with zero attached hydrogens (tertiary/aromatic N) is 3. The van der Waals surface area contributed by atoms with E-state index in [4.69, 9.17) is 12.2 Å². The predicted molar refractivity (Wildman–Crippen MR) is 86.0 cm³/mol. The molecule has 20 heavy (non-hydrogen) atoms. The van der Waals surface area contributed by atoms with E-state index in [-0.39, 0.29) is 0 Å². The first-order chi connectivity index (χ1) is 9.58. The van der Waals surface area contributed by atoms with Gasteiger partial charge in [-0.25, -0.2) is 0 Å². The van der Waals surface area contributed by atoms with Gasteiger partial charge in [0.15, 0.2) is 5.11 Å². The minimum atomic E-state index is 0.501. The van der Waals surface area contributed by atoms with Gasteiger partial charge in [-0.15, -0.1) is 0 Å². The normalized spacial score (nSPS) is 16.6. The highest BCUT2D eigenvalue weighted by Crippen LogP contribution is 2.17. The Bertz CT molecular complexity index is 500. The fourth-order valence-electron chi connectivity index (χ4n) is 2.60. The van der Waals surface area contributed by atoms with Crippen LogP contribution in [0.4, 0.5) is 0 Å². The third-order valence-corrected chi connectivity index (χ3v) is 4.07. The van der Waals surface area contributed by atoms with Crippen LogP contribution < -0.4 is 10.7 Å². The van der Waals surface area contributed by atoms with Gasteiger partial charge in [-0.2, -0.15) is 10.2 Å². The molecule has 2 rings (SSSR count). The van der Waals surface area contributed by atoms with Crippen LogP contribution in [0.15, 0.2) is 5.10 Å². The van der Waals surface area contributed by atoms with E-state index in [9.17, 15) is 0 Å². The summed E-state index contributed by atoms with van der Waals surface area (Å²) in [5, 5.41) is 12.5. The zero-order chi connectivity index (χ0) is 14.5. The van der Waals surface area contributed by atoms with Crippen LogP contribution in [0.2, 0.25) is 0 Å². The van der Waals surface area contributed by atoms with Crippen molar-refractivity contribution in [1.82, 2.24) is 20.5 Å². The van der Waals surface area contributed by atoms with Crippen molar-refractivity contribution in [3.05, 3.63) is 17.0 Å². The van der Waals surface area contributed by atoms with Gasteiger partial charge in [-0.1, -0.05) is 19.3 Å². The number of thiocarbonyl (C=S) groups is 1. The zero-order valence-electron chi connectivity index (χ0n) is 12.4. The van der Waals surface area contributed by atoms with E-state index >= 15 is 0 Å². The molecule has 0 unspecified atom stereocenters. The van der Waals surface area contributed by atoms with Crippen LogP contribution in [0.1, 0.15) is 49.1 Å². The Kier molecular flexibility index (Phi) is 5.11. The lowest BCUT2D eigenvalue weighted by Crippen LogP contribution is -2.40. The van der Waals surface area contributed by atoms with Crippen molar-refractivity contribution < 1.29 is 0 Å². The Morgan fingerprint density at radius 1 is 1.35 bits per heavy atom. The summed E-state index contributed by atoms with van der Waals surface area (Å²) in [5.74, 6) is 0. The van der Waals surface area contributed by atoms with Crippen LogP contribution in [0.5, 0.6) is 0 Å². The number of hydrazone groups is 1. The molecule has 1 heterocycles. The van der Waals surface area contributed by atoms with Gasteiger partial charge < -0.3 is 5.32 Å². The van der Waals surface area contributed by atoms with Crippen molar-refractivity contribution in [1.29, 1.82) is 0 Å². The molecule has 5 nitrogen and oxygen atoms in total. The number of hydrogen-bond donors (Lipinski definition) is 2. The molecule has 0 aromatic carbocycles. The van der Waals surface area contributed by atoms with Crippen molar-refractivity contribution in [2.75, 3.05) is 0 Å². The summed E-state index contributed by atoms with van der Waals surface area (Å²) in [7, 11) is 1.93. The molecule has 1 aromatic rings. The molecular formula is C14H23N5S. The molecular weight excluding hydrogens is 270 g/mol. The van der Waals surface area contributed by atoms with Crippen molar-refractivity contribution in [2.45, 2.75) is 52.0 Å². The van der Waals surface area contributed by atoms with Crippen LogP contribution >= 0.6 is 12.2 Å². The van der Waals surface area contributed by atoms with Gasteiger partial charge in [-0.05, 0) is 38.9 Å². The highest BCUT2D eigenvalue weighted by atomic mass is 32.1.